The number of amides is 1. The number of thioether (sulfide) groups is 1. The fraction of sp³-hybridized carbons (Fsp3) is 0.192. The first-order chi connectivity index (χ1) is 16.9. The van der Waals surface area contributed by atoms with Crippen LogP contribution in [0.15, 0.2) is 78.0 Å². The maximum Gasteiger partial charge on any atom is 0.251 e. The van der Waals surface area contributed by atoms with Crippen LogP contribution in [-0.2, 0) is 7.05 Å². The van der Waals surface area contributed by atoms with Crippen molar-refractivity contribution in [2.45, 2.75) is 18.1 Å². The van der Waals surface area contributed by atoms with Crippen LogP contribution in [0, 0.1) is 11.6 Å². The molecule has 180 valence electrons. The van der Waals surface area contributed by atoms with Crippen LogP contribution in [0.3, 0.4) is 0 Å². The summed E-state index contributed by atoms with van der Waals surface area (Å²) in [5, 5.41) is 12.1. The molecular weight excluding hydrogens is 470 g/mol. The number of carbonyl (C=O) groups is 1. The summed E-state index contributed by atoms with van der Waals surface area (Å²) < 4.78 is 33.9. The topological polar surface area (TPSA) is 69.0 Å². The van der Waals surface area contributed by atoms with Crippen molar-refractivity contribution in [3.63, 3.8) is 0 Å². The average molecular weight is 495 g/mol. The minimum Gasteiger partial charge on any atom is -0.493 e. The van der Waals surface area contributed by atoms with E-state index in [-0.39, 0.29) is 23.6 Å². The summed E-state index contributed by atoms with van der Waals surface area (Å²) in [6.45, 7) is 2.27. The van der Waals surface area contributed by atoms with E-state index in [1.165, 1.54) is 36.0 Å². The summed E-state index contributed by atoms with van der Waals surface area (Å²) in [5.41, 5.74) is 2.07. The van der Waals surface area contributed by atoms with Crippen molar-refractivity contribution in [2.75, 3.05) is 12.4 Å². The third kappa shape index (κ3) is 6.24. The molecule has 1 heterocycles. The largest absolute Gasteiger partial charge is 0.493 e. The summed E-state index contributed by atoms with van der Waals surface area (Å²) >= 11 is 1.47. The van der Waals surface area contributed by atoms with Crippen LogP contribution in [0.4, 0.5) is 8.78 Å². The van der Waals surface area contributed by atoms with Crippen LogP contribution >= 0.6 is 11.8 Å². The van der Waals surface area contributed by atoms with Gasteiger partial charge in [0, 0.05) is 18.4 Å². The van der Waals surface area contributed by atoms with Gasteiger partial charge in [0.05, 0.1) is 12.6 Å². The highest BCUT2D eigenvalue weighted by molar-refractivity contribution is 7.99. The zero-order valence-electron chi connectivity index (χ0n) is 19.2. The molecule has 0 aliphatic heterocycles. The Morgan fingerprint density at radius 2 is 1.74 bits per heavy atom. The molecule has 6 nitrogen and oxygen atoms in total. The van der Waals surface area contributed by atoms with E-state index < -0.39 is 0 Å². The Morgan fingerprint density at radius 3 is 2.46 bits per heavy atom. The van der Waals surface area contributed by atoms with Gasteiger partial charge in [0.15, 0.2) is 11.0 Å². The predicted molar refractivity (Wildman–Crippen MR) is 131 cm³/mol. The highest BCUT2D eigenvalue weighted by Gasteiger charge is 2.18. The lowest BCUT2D eigenvalue weighted by Crippen LogP contribution is -2.28. The van der Waals surface area contributed by atoms with Gasteiger partial charge in [0.1, 0.15) is 17.4 Å². The van der Waals surface area contributed by atoms with Crippen molar-refractivity contribution in [3.8, 4) is 16.9 Å². The van der Waals surface area contributed by atoms with E-state index in [1.807, 2.05) is 24.6 Å². The van der Waals surface area contributed by atoms with Crippen molar-refractivity contribution in [1.82, 2.24) is 20.1 Å². The molecule has 9 heteroatoms. The Morgan fingerprint density at radius 1 is 1.00 bits per heavy atom. The first-order valence-corrected chi connectivity index (χ1v) is 12.0. The monoisotopic (exact) mass is 494 g/mol. The fourth-order valence-electron chi connectivity index (χ4n) is 3.48. The molecule has 4 rings (SSSR count). The number of rotatable bonds is 9. The van der Waals surface area contributed by atoms with E-state index >= 15 is 0 Å². The Bertz CT molecular complexity index is 1290. The van der Waals surface area contributed by atoms with Crippen LogP contribution in [0.2, 0.25) is 0 Å². The molecule has 0 radical (unpaired) electrons. The second-order valence-corrected chi connectivity index (χ2v) is 8.90. The van der Waals surface area contributed by atoms with E-state index in [1.54, 1.807) is 42.5 Å². The Balaban J connectivity index is 1.31. The van der Waals surface area contributed by atoms with Crippen LogP contribution < -0.4 is 10.1 Å². The van der Waals surface area contributed by atoms with E-state index in [9.17, 15) is 13.6 Å². The molecule has 1 aromatic heterocycles. The van der Waals surface area contributed by atoms with Gasteiger partial charge in [-0.05, 0) is 66.6 Å². The fourth-order valence-corrected chi connectivity index (χ4v) is 4.21. The number of halogens is 2. The highest BCUT2D eigenvalue weighted by atomic mass is 32.2. The van der Waals surface area contributed by atoms with Crippen LogP contribution in [0.1, 0.15) is 29.1 Å². The molecule has 0 unspecified atom stereocenters. The molecule has 4 aromatic rings. The Hall–Kier alpha value is -3.72. The number of hydrogen-bond donors (Lipinski definition) is 1. The number of aromatic nitrogens is 3. The van der Waals surface area contributed by atoms with Crippen molar-refractivity contribution < 1.29 is 18.3 Å². The summed E-state index contributed by atoms with van der Waals surface area (Å²) in [6.07, 6.45) is 0. The van der Waals surface area contributed by atoms with Crippen molar-refractivity contribution in [3.05, 3.63) is 95.8 Å². The van der Waals surface area contributed by atoms with Crippen molar-refractivity contribution in [1.29, 1.82) is 0 Å². The molecule has 0 spiro atoms. The lowest BCUT2D eigenvalue weighted by Gasteiger charge is -2.14. The smallest absolute Gasteiger partial charge is 0.251 e. The van der Waals surface area contributed by atoms with Gasteiger partial charge >= 0.3 is 0 Å². The second kappa shape index (κ2) is 11.1. The Kier molecular flexibility index (Phi) is 7.77. The molecule has 1 atom stereocenters. The van der Waals surface area contributed by atoms with Gasteiger partial charge in [-0.3, -0.25) is 4.79 Å². The molecular formula is C26H24F2N4O2S. The molecule has 35 heavy (non-hydrogen) atoms. The summed E-state index contributed by atoms with van der Waals surface area (Å²) in [6, 6.07) is 18.8. The van der Waals surface area contributed by atoms with E-state index in [0.717, 1.165) is 11.1 Å². The zero-order valence-corrected chi connectivity index (χ0v) is 20.1. The third-order valence-corrected chi connectivity index (χ3v) is 6.29. The van der Waals surface area contributed by atoms with Gasteiger partial charge in [-0.25, -0.2) is 8.78 Å². The number of nitrogens with zero attached hydrogens (tertiary/aromatic N) is 3. The van der Waals surface area contributed by atoms with E-state index in [0.29, 0.717) is 34.7 Å². The van der Waals surface area contributed by atoms with E-state index in [2.05, 4.69) is 15.5 Å². The van der Waals surface area contributed by atoms with Gasteiger partial charge in [-0.15, -0.1) is 10.2 Å². The number of carbonyl (C=O) groups excluding carboxylic acids is 1. The van der Waals surface area contributed by atoms with Crippen molar-refractivity contribution in [2.24, 2.45) is 7.05 Å². The highest BCUT2D eigenvalue weighted by Crippen LogP contribution is 2.22. The lowest BCUT2D eigenvalue weighted by molar-refractivity contribution is 0.0937. The number of benzene rings is 3. The molecule has 0 fully saturated rings. The summed E-state index contributed by atoms with van der Waals surface area (Å²) in [5.74, 6) is 0.998. The third-order valence-electron chi connectivity index (χ3n) is 5.31. The quantitative estimate of drug-likeness (QED) is 0.249. The summed E-state index contributed by atoms with van der Waals surface area (Å²) in [7, 11) is 1.84. The first-order valence-electron chi connectivity index (χ1n) is 11.0. The molecule has 0 saturated heterocycles. The molecule has 1 amide bonds. The van der Waals surface area contributed by atoms with Gasteiger partial charge in [0.2, 0.25) is 0 Å². The SMILES string of the molecule is C[C@H](NC(=O)c1ccc(-c2cccc(F)c2)cc1)c1nnc(SCCOc2ccc(F)cc2)n1C. The van der Waals surface area contributed by atoms with Gasteiger partial charge < -0.3 is 14.6 Å². The number of nitrogens with one attached hydrogen (secondary N) is 1. The number of ether oxygens (including phenoxy) is 1. The molecule has 0 bridgehead atoms. The van der Waals surface area contributed by atoms with Crippen molar-refractivity contribution >= 4 is 17.7 Å². The summed E-state index contributed by atoms with van der Waals surface area (Å²) in [4.78, 5) is 12.7. The van der Waals surface area contributed by atoms with Crippen LogP contribution in [0.25, 0.3) is 11.1 Å². The average Bonchev–Trinajstić information content (AvgIpc) is 3.23. The first kappa shape index (κ1) is 24.4. The van der Waals surface area contributed by atoms with Gasteiger partial charge in [-0.1, -0.05) is 36.0 Å². The van der Waals surface area contributed by atoms with Crippen LogP contribution in [0.5, 0.6) is 5.75 Å². The molecule has 0 saturated carbocycles. The van der Waals surface area contributed by atoms with E-state index in [4.69, 9.17) is 4.74 Å². The molecule has 0 aliphatic rings. The normalized spacial score (nSPS) is 11.8. The van der Waals surface area contributed by atoms with Crippen LogP contribution in [-0.4, -0.2) is 33.0 Å². The lowest BCUT2D eigenvalue weighted by atomic mass is 10.0. The molecule has 3 aromatic carbocycles. The minimum absolute atomic E-state index is 0.242. The second-order valence-electron chi connectivity index (χ2n) is 7.83. The maximum absolute atomic E-state index is 13.5. The number of hydrogen-bond acceptors (Lipinski definition) is 5. The maximum atomic E-state index is 13.5. The molecule has 0 aliphatic carbocycles. The zero-order chi connectivity index (χ0) is 24.8. The standard InChI is InChI=1S/C26H24F2N4O2S/c1-17(29-25(33)19-8-6-18(7-9-19)20-4-3-5-22(28)16-20)24-30-31-26(32(24)2)35-15-14-34-23-12-10-21(27)11-13-23/h3-13,16-17H,14-15H2,1-2H3,(H,29,33)/t17-/m0/s1. The molecule has 1 N–H and O–H groups in total. The minimum atomic E-state index is -0.368. The van der Waals surface area contributed by atoms with Gasteiger partial charge in [0.25, 0.3) is 5.91 Å². The Labute approximate surface area is 206 Å². The van der Waals surface area contributed by atoms with Gasteiger partial charge in [-0.2, -0.15) is 0 Å². The predicted octanol–water partition coefficient (Wildman–Crippen LogP) is 5.42.